The Hall–Kier alpha value is -1.13. The van der Waals surface area contributed by atoms with Gasteiger partial charge in [0.15, 0.2) is 0 Å². The summed E-state index contributed by atoms with van der Waals surface area (Å²) in [6.07, 6.45) is 5.37. The largest absolute Gasteiger partial charge is 0.492 e. The number of hydrogen-bond donors (Lipinski definition) is 0. The molecule has 1 heterocycles. The van der Waals surface area contributed by atoms with Gasteiger partial charge in [-0.3, -0.25) is 4.90 Å². The second-order valence-corrected chi connectivity index (χ2v) is 6.05. The van der Waals surface area contributed by atoms with Crippen LogP contribution >= 0.6 is 0 Å². The van der Waals surface area contributed by atoms with E-state index < -0.39 is 0 Å². The van der Waals surface area contributed by atoms with Crippen molar-refractivity contribution in [2.24, 2.45) is 0 Å². The molecular weight excluding hydrogens is 279 g/mol. The molecule has 1 aliphatic rings. The van der Waals surface area contributed by atoms with Gasteiger partial charge in [-0.05, 0) is 37.2 Å². The van der Waals surface area contributed by atoms with Crippen molar-refractivity contribution in [3.8, 4) is 5.75 Å². The number of rotatable bonds is 9. The van der Waals surface area contributed by atoms with Gasteiger partial charge in [-0.2, -0.15) is 0 Å². The minimum Gasteiger partial charge on any atom is -0.492 e. The lowest BCUT2D eigenvalue weighted by molar-refractivity contribution is 0.115. The summed E-state index contributed by atoms with van der Waals surface area (Å²) in [5.74, 6) is 0.526. The lowest BCUT2D eigenvalue weighted by atomic mass is 10.2. The van der Waals surface area contributed by atoms with Crippen LogP contribution in [-0.2, 0) is 0 Å². The summed E-state index contributed by atoms with van der Waals surface area (Å²) in [5.41, 5.74) is 0. The molecule has 1 aromatic carbocycles. The molecule has 1 aliphatic heterocycles. The first kappa shape index (κ1) is 17.2. The highest BCUT2D eigenvalue weighted by molar-refractivity contribution is 5.21. The maximum atomic E-state index is 12.8. The number of unbranched alkanes of at least 4 members (excludes halogenated alkanes) is 3. The maximum Gasteiger partial charge on any atom is 0.123 e. The Bertz CT molecular complexity index is 402. The number of benzene rings is 1. The maximum absolute atomic E-state index is 12.8. The van der Waals surface area contributed by atoms with E-state index in [-0.39, 0.29) is 5.82 Å². The van der Waals surface area contributed by atoms with Crippen LogP contribution in [0.5, 0.6) is 5.75 Å². The number of nitrogens with zero attached hydrogens (tertiary/aromatic N) is 2. The standard InChI is InChI=1S/C18H29FN2O/c1-2-3-4-5-10-20-11-13-21(14-12-20)15-16-22-18-8-6-17(19)7-9-18/h6-9H,2-5,10-16H2,1H3. The minimum atomic E-state index is -0.220. The van der Waals surface area contributed by atoms with E-state index in [0.717, 1.165) is 25.4 Å². The Morgan fingerprint density at radius 1 is 0.909 bits per heavy atom. The Balaban J connectivity index is 1.54. The molecule has 0 bridgehead atoms. The highest BCUT2D eigenvalue weighted by Gasteiger charge is 2.15. The minimum absolute atomic E-state index is 0.220. The van der Waals surface area contributed by atoms with E-state index in [0.29, 0.717) is 6.61 Å². The normalized spacial score (nSPS) is 16.8. The van der Waals surface area contributed by atoms with E-state index in [1.54, 1.807) is 12.1 Å². The van der Waals surface area contributed by atoms with E-state index in [4.69, 9.17) is 4.74 Å². The van der Waals surface area contributed by atoms with Crippen LogP contribution in [0.2, 0.25) is 0 Å². The lowest BCUT2D eigenvalue weighted by Gasteiger charge is -2.34. The van der Waals surface area contributed by atoms with Crippen molar-refractivity contribution in [3.63, 3.8) is 0 Å². The van der Waals surface area contributed by atoms with Gasteiger partial charge < -0.3 is 9.64 Å². The molecule has 2 rings (SSSR count). The van der Waals surface area contributed by atoms with Crippen LogP contribution in [0.4, 0.5) is 4.39 Å². The van der Waals surface area contributed by atoms with E-state index in [9.17, 15) is 4.39 Å². The molecule has 0 aliphatic carbocycles. The lowest BCUT2D eigenvalue weighted by Crippen LogP contribution is -2.47. The Kier molecular flexibility index (Phi) is 7.67. The van der Waals surface area contributed by atoms with E-state index >= 15 is 0 Å². The molecule has 1 fully saturated rings. The number of hydrogen-bond acceptors (Lipinski definition) is 3. The molecule has 0 radical (unpaired) electrons. The van der Waals surface area contributed by atoms with Crippen LogP contribution in [0.1, 0.15) is 32.6 Å². The second kappa shape index (κ2) is 9.80. The van der Waals surface area contributed by atoms with Crippen molar-refractivity contribution in [2.45, 2.75) is 32.6 Å². The van der Waals surface area contributed by atoms with Crippen LogP contribution in [0.3, 0.4) is 0 Å². The fourth-order valence-electron chi connectivity index (χ4n) is 2.82. The molecule has 1 saturated heterocycles. The van der Waals surface area contributed by atoms with E-state index in [1.165, 1.54) is 57.5 Å². The summed E-state index contributed by atoms with van der Waals surface area (Å²) in [4.78, 5) is 5.03. The quantitative estimate of drug-likeness (QED) is 0.650. The van der Waals surface area contributed by atoms with Gasteiger partial charge in [0.1, 0.15) is 18.2 Å². The van der Waals surface area contributed by atoms with Gasteiger partial charge >= 0.3 is 0 Å². The molecule has 0 atom stereocenters. The van der Waals surface area contributed by atoms with Crippen LogP contribution in [0.15, 0.2) is 24.3 Å². The van der Waals surface area contributed by atoms with Gasteiger partial charge in [-0.15, -0.1) is 0 Å². The highest BCUT2D eigenvalue weighted by Crippen LogP contribution is 2.11. The highest BCUT2D eigenvalue weighted by atomic mass is 19.1. The molecule has 0 saturated carbocycles. The third-order valence-electron chi connectivity index (χ3n) is 4.28. The average Bonchev–Trinajstić information content (AvgIpc) is 2.55. The summed E-state index contributed by atoms with van der Waals surface area (Å²) in [7, 11) is 0. The fraction of sp³-hybridized carbons (Fsp3) is 0.667. The first-order valence-electron chi connectivity index (χ1n) is 8.61. The first-order chi connectivity index (χ1) is 10.8. The summed E-state index contributed by atoms with van der Waals surface area (Å²) >= 11 is 0. The number of halogens is 1. The van der Waals surface area contributed by atoms with Crippen molar-refractivity contribution in [1.29, 1.82) is 0 Å². The van der Waals surface area contributed by atoms with Gasteiger partial charge in [-0.1, -0.05) is 26.2 Å². The predicted molar refractivity (Wildman–Crippen MR) is 88.9 cm³/mol. The van der Waals surface area contributed by atoms with Gasteiger partial charge in [-0.25, -0.2) is 4.39 Å². The second-order valence-electron chi connectivity index (χ2n) is 6.05. The van der Waals surface area contributed by atoms with Gasteiger partial charge in [0.25, 0.3) is 0 Å². The summed E-state index contributed by atoms with van der Waals surface area (Å²) in [6.45, 7) is 9.71. The fourth-order valence-corrected chi connectivity index (χ4v) is 2.82. The zero-order valence-electron chi connectivity index (χ0n) is 13.8. The van der Waals surface area contributed by atoms with E-state index in [1.807, 2.05) is 0 Å². The third-order valence-corrected chi connectivity index (χ3v) is 4.28. The molecule has 3 nitrogen and oxygen atoms in total. The first-order valence-corrected chi connectivity index (χ1v) is 8.61. The van der Waals surface area contributed by atoms with Crippen LogP contribution in [0, 0.1) is 5.82 Å². The predicted octanol–water partition coefficient (Wildman–Crippen LogP) is 3.40. The van der Waals surface area contributed by atoms with Crippen molar-refractivity contribution < 1.29 is 9.13 Å². The molecule has 0 unspecified atom stereocenters. The number of piperazine rings is 1. The molecule has 22 heavy (non-hydrogen) atoms. The Morgan fingerprint density at radius 2 is 1.55 bits per heavy atom. The third kappa shape index (κ3) is 6.32. The topological polar surface area (TPSA) is 15.7 Å². The zero-order chi connectivity index (χ0) is 15.6. The monoisotopic (exact) mass is 308 g/mol. The van der Waals surface area contributed by atoms with Crippen LogP contribution < -0.4 is 4.74 Å². The van der Waals surface area contributed by atoms with Crippen LogP contribution in [-0.4, -0.2) is 55.7 Å². The Morgan fingerprint density at radius 3 is 2.18 bits per heavy atom. The summed E-state index contributed by atoms with van der Waals surface area (Å²) < 4.78 is 18.5. The molecular formula is C18H29FN2O. The van der Waals surface area contributed by atoms with Crippen molar-refractivity contribution in [3.05, 3.63) is 30.1 Å². The zero-order valence-corrected chi connectivity index (χ0v) is 13.8. The van der Waals surface area contributed by atoms with Gasteiger partial charge in [0.2, 0.25) is 0 Å². The average molecular weight is 308 g/mol. The van der Waals surface area contributed by atoms with Crippen molar-refractivity contribution in [1.82, 2.24) is 9.80 Å². The molecule has 0 spiro atoms. The molecule has 1 aromatic rings. The van der Waals surface area contributed by atoms with Gasteiger partial charge in [0.05, 0.1) is 0 Å². The van der Waals surface area contributed by atoms with Crippen LogP contribution in [0.25, 0.3) is 0 Å². The number of ether oxygens (including phenoxy) is 1. The summed E-state index contributed by atoms with van der Waals surface area (Å²) in [6, 6.07) is 6.24. The molecule has 124 valence electrons. The summed E-state index contributed by atoms with van der Waals surface area (Å²) in [5, 5.41) is 0. The van der Waals surface area contributed by atoms with Crippen molar-refractivity contribution >= 4 is 0 Å². The van der Waals surface area contributed by atoms with E-state index in [2.05, 4.69) is 16.7 Å². The molecule has 0 N–H and O–H groups in total. The van der Waals surface area contributed by atoms with Crippen molar-refractivity contribution in [2.75, 3.05) is 45.9 Å². The smallest absolute Gasteiger partial charge is 0.123 e. The molecule has 0 amide bonds. The molecule has 4 heteroatoms. The Labute approximate surface area is 134 Å². The SMILES string of the molecule is CCCCCCN1CCN(CCOc2ccc(F)cc2)CC1. The molecule has 0 aromatic heterocycles. The van der Waals surface area contributed by atoms with Gasteiger partial charge in [0, 0.05) is 32.7 Å².